The van der Waals surface area contributed by atoms with Crippen LogP contribution in [-0.2, 0) is 36.8 Å². The van der Waals surface area contributed by atoms with Gasteiger partial charge in [0.15, 0.2) is 0 Å². The molecular weight excluding hydrogens is 490 g/mol. The summed E-state index contributed by atoms with van der Waals surface area (Å²) in [5.74, 6) is 0.354. The minimum atomic E-state index is -4.96. The fraction of sp³-hybridized carbons (Fsp3) is 0.583. The molecule has 36 heavy (non-hydrogen) atoms. The van der Waals surface area contributed by atoms with E-state index in [0.717, 1.165) is 24.2 Å². The zero-order valence-corrected chi connectivity index (χ0v) is 19.3. The van der Waals surface area contributed by atoms with Crippen molar-refractivity contribution < 1.29 is 35.9 Å². The molecule has 0 saturated carbocycles. The van der Waals surface area contributed by atoms with Crippen molar-refractivity contribution in [3.8, 4) is 0 Å². The third kappa shape index (κ3) is 5.33. The van der Waals surface area contributed by atoms with Crippen molar-refractivity contribution >= 4 is 6.09 Å². The molecule has 3 aliphatic rings. The van der Waals surface area contributed by atoms with Crippen molar-refractivity contribution in [2.75, 3.05) is 6.54 Å². The summed E-state index contributed by atoms with van der Waals surface area (Å²) in [6.45, 7) is 0.454. The highest BCUT2D eigenvalue weighted by atomic mass is 19.4. The number of aromatic nitrogens is 2. The van der Waals surface area contributed by atoms with E-state index in [9.17, 15) is 31.1 Å². The molecule has 2 atom stereocenters. The zero-order valence-electron chi connectivity index (χ0n) is 19.3. The van der Waals surface area contributed by atoms with Crippen LogP contribution in [-0.4, -0.2) is 39.4 Å². The molecule has 2 saturated heterocycles. The number of aryl methyl sites for hydroxylation is 1. The monoisotopic (exact) mass is 516 g/mol. The molecule has 5 rings (SSSR count). The Morgan fingerprint density at radius 1 is 0.972 bits per heavy atom. The van der Waals surface area contributed by atoms with Crippen LogP contribution in [0.1, 0.15) is 66.1 Å². The van der Waals surface area contributed by atoms with E-state index in [1.165, 1.54) is 17.7 Å². The molecule has 12 heteroatoms. The van der Waals surface area contributed by atoms with Gasteiger partial charge in [-0.25, -0.2) is 4.79 Å². The number of rotatable bonds is 3. The molecule has 2 fully saturated rings. The van der Waals surface area contributed by atoms with Crippen molar-refractivity contribution in [3.63, 3.8) is 0 Å². The molecule has 1 aromatic carbocycles. The number of nitrogens with zero attached hydrogens (tertiary/aromatic N) is 3. The van der Waals surface area contributed by atoms with Gasteiger partial charge in [-0.1, -0.05) is 0 Å². The minimum Gasteiger partial charge on any atom is -0.445 e. The molecule has 0 aliphatic carbocycles. The Bertz CT molecular complexity index is 1080. The number of benzene rings is 1. The van der Waals surface area contributed by atoms with Gasteiger partial charge in [0, 0.05) is 31.1 Å². The maximum atomic E-state index is 13.1. The van der Waals surface area contributed by atoms with Crippen LogP contribution in [0.4, 0.5) is 31.1 Å². The average Bonchev–Trinajstić information content (AvgIpc) is 3.30. The summed E-state index contributed by atoms with van der Waals surface area (Å²) in [5, 5.41) is 8.39. The van der Waals surface area contributed by atoms with Gasteiger partial charge >= 0.3 is 18.4 Å². The Morgan fingerprint density at radius 2 is 1.61 bits per heavy atom. The smallest absolute Gasteiger partial charge is 0.416 e. The standard InChI is InChI=1S/C24H26F6N4O2/c25-23(26,27)16-6-14(7-17(10-16)24(28,29)30)13-36-22(35)33-4-1-5-34-20(12-33)11-21(32-34)15-8-18-2-3-19(9-15)31-18/h6-7,10-11,15,18-19,31H,1-5,8-9,12-13H2. The lowest BCUT2D eigenvalue weighted by Crippen LogP contribution is -2.37. The van der Waals surface area contributed by atoms with Gasteiger partial charge in [-0.05, 0) is 61.9 Å². The first-order chi connectivity index (χ1) is 17.0. The van der Waals surface area contributed by atoms with Gasteiger partial charge in [-0.2, -0.15) is 31.4 Å². The molecule has 0 spiro atoms. The number of halogens is 6. The molecule has 1 N–H and O–H groups in total. The largest absolute Gasteiger partial charge is 0.445 e. The Labute approximate surface area is 203 Å². The quantitative estimate of drug-likeness (QED) is 0.551. The number of hydrogen-bond acceptors (Lipinski definition) is 4. The van der Waals surface area contributed by atoms with Crippen molar-refractivity contribution in [2.45, 2.75) is 82.2 Å². The molecule has 3 aliphatic heterocycles. The SMILES string of the molecule is O=C(OCc1cc(C(F)(F)F)cc(C(F)(F)F)c1)N1CCCn2nc(C3CC4CCC(C3)N4)cc2C1. The van der Waals surface area contributed by atoms with Gasteiger partial charge < -0.3 is 15.0 Å². The van der Waals surface area contributed by atoms with Gasteiger partial charge in [-0.3, -0.25) is 4.68 Å². The van der Waals surface area contributed by atoms with Crippen LogP contribution in [0.3, 0.4) is 0 Å². The van der Waals surface area contributed by atoms with E-state index in [2.05, 4.69) is 5.32 Å². The molecule has 0 radical (unpaired) electrons. The Morgan fingerprint density at radius 3 is 2.22 bits per heavy atom. The van der Waals surface area contributed by atoms with Gasteiger partial charge in [0.2, 0.25) is 0 Å². The van der Waals surface area contributed by atoms with Crippen LogP contribution in [0.2, 0.25) is 0 Å². The van der Waals surface area contributed by atoms with Gasteiger partial charge in [-0.15, -0.1) is 0 Å². The minimum absolute atomic E-state index is 0.0483. The summed E-state index contributed by atoms with van der Waals surface area (Å²) in [6, 6.07) is 4.21. The lowest BCUT2D eigenvalue weighted by Gasteiger charge is -2.27. The van der Waals surface area contributed by atoms with E-state index in [0.29, 0.717) is 49.6 Å². The zero-order chi connectivity index (χ0) is 25.7. The third-order valence-electron chi connectivity index (χ3n) is 7.19. The number of fused-ring (bicyclic) bond motifs is 3. The molecule has 4 heterocycles. The first-order valence-corrected chi connectivity index (χ1v) is 12.0. The summed E-state index contributed by atoms with van der Waals surface area (Å²) >= 11 is 0. The highest BCUT2D eigenvalue weighted by Gasteiger charge is 2.38. The summed E-state index contributed by atoms with van der Waals surface area (Å²) < 4.78 is 85.6. The maximum Gasteiger partial charge on any atom is 0.416 e. The molecular formula is C24H26F6N4O2. The topological polar surface area (TPSA) is 59.4 Å². The van der Waals surface area contributed by atoms with E-state index in [4.69, 9.17) is 9.84 Å². The number of amides is 1. The van der Waals surface area contributed by atoms with Crippen molar-refractivity contribution in [1.29, 1.82) is 0 Å². The fourth-order valence-corrected chi connectivity index (χ4v) is 5.48. The molecule has 1 amide bonds. The van der Waals surface area contributed by atoms with E-state index >= 15 is 0 Å². The van der Waals surface area contributed by atoms with E-state index in [-0.39, 0.29) is 18.2 Å². The highest BCUT2D eigenvalue weighted by molar-refractivity contribution is 5.67. The Hall–Kier alpha value is -2.76. The second-order valence-electron chi connectivity index (χ2n) is 9.83. The van der Waals surface area contributed by atoms with Crippen molar-refractivity contribution in [1.82, 2.24) is 20.0 Å². The molecule has 2 unspecified atom stereocenters. The number of piperidine rings is 1. The lowest BCUT2D eigenvalue weighted by molar-refractivity contribution is -0.143. The molecule has 196 valence electrons. The van der Waals surface area contributed by atoms with Crippen LogP contribution in [0.15, 0.2) is 24.3 Å². The lowest BCUT2D eigenvalue weighted by atomic mass is 9.89. The Kier molecular flexibility index (Phi) is 6.42. The highest BCUT2D eigenvalue weighted by Crippen LogP contribution is 2.38. The number of hydrogen-bond donors (Lipinski definition) is 1. The van der Waals surface area contributed by atoms with Crippen LogP contribution in [0, 0.1) is 0 Å². The second kappa shape index (κ2) is 9.28. The summed E-state index contributed by atoms with van der Waals surface area (Å²) in [7, 11) is 0. The average molecular weight is 516 g/mol. The summed E-state index contributed by atoms with van der Waals surface area (Å²) in [5.41, 5.74) is -1.43. The van der Waals surface area contributed by atoms with Crippen LogP contribution < -0.4 is 5.32 Å². The van der Waals surface area contributed by atoms with Crippen LogP contribution in [0.25, 0.3) is 0 Å². The summed E-state index contributed by atoms with van der Waals surface area (Å²) in [6.07, 6.45) is -5.73. The first-order valence-electron chi connectivity index (χ1n) is 12.0. The molecule has 2 bridgehead atoms. The fourth-order valence-electron chi connectivity index (χ4n) is 5.48. The van der Waals surface area contributed by atoms with E-state index in [1.54, 1.807) is 0 Å². The van der Waals surface area contributed by atoms with Crippen molar-refractivity contribution in [2.24, 2.45) is 0 Å². The second-order valence-corrected chi connectivity index (χ2v) is 9.83. The van der Waals surface area contributed by atoms with Crippen LogP contribution in [0.5, 0.6) is 0 Å². The molecule has 1 aromatic heterocycles. The van der Waals surface area contributed by atoms with E-state index in [1.807, 2.05) is 10.7 Å². The molecule has 6 nitrogen and oxygen atoms in total. The van der Waals surface area contributed by atoms with Gasteiger partial charge in [0.05, 0.1) is 29.1 Å². The number of carbonyl (C=O) groups is 1. The number of ether oxygens (including phenoxy) is 1. The molecule has 2 aromatic rings. The van der Waals surface area contributed by atoms with Crippen molar-refractivity contribution in [3.05, 3.63) is 52.3 Å². The predicted octanol–water partition coefficient (Wildman–Crippen LogP) is 5.46. The van der Waals surface area contributed by atoms with Crippen LogP contribution >= 0.6 is 0 Å². The van der Waals surface area contributed by atoms with Gasteiger partial charge in [0.1, 0.15) is 6.61 Å². The van der Waals surface area contributed by atoms with E-state index < -0.39 is 36.2 Å². The number of alkyl halides is 6. The third-order valence-corrected chi connectivity index (χ3v) is 7.19. The first kappa shape index (κ1) is 24.9. The maximum absolute atomic E-state index is 13.1. The predicted molar refractivity (Wildman–Crippen MR) is 116 cm³/mol. The normalized spacial score (nSPS) is 24.4. The number of nitrogens with one attached hydrogen (secondary N) is 1. The number of carbonyl (C=O) groups excluding carboxylic acids is 1. The Balaban J connectivity index is 1.26. The summed E-state index contributed by atoms with van der Waals surface area (Å²) in [4.78, 5) is 14.1. The van der Waals surface area contributed by atoms with Gasteiger partial charge in [0.25, 0.3) is 0 Å².